The van der Waals surface area contributed by atoms with Crippen LogP contribution in [0.25, 0.3) is 10.4 Å². The lowest BCUT2D eigenvalue weighted by Gasteiger charge is -2.15. The summed E-state index contributed by atoms with van der Waals surface area (Å²) in [6.45, 7) is 3.99. The van der Waals surface area contributed by atoms with Crippen LogP contribution in [-0.2, 0) is 24.0 Å². The zero-order valence-corrected chi connectivity index (χ0v) is 14.1. The zero-order chi connectivity index (χ0) is 18.8. The van der Waals surface area contributed by atoms with Crippen molar-refractivity contribution < 1.29 is 28.8 Å². The fourth-order valence-corrected chi connectivity index (χ4v) is 1.86. The Balaban J connectivity index is 2.38. The molecule has 0 aliphatic carbocycles. The first-order chi connectivity index (χ1) is 11.8. The lowest BCUT2D eigenvalue weighted by molar-refractivity contribution is -0.171. The third-order valence-electron chi connectivity index (χ3n) is 3.14. The van der Waals surface area contributed by atoms with Gasteiger partial charge in [-0.1, -0.05) is 19.0 Å². The highest BCUT2D eigenvalue weighted by Crippen LogP contribution is 2.12. The summed E-state index contributed by atoms with van der Waals surface area (Å²) in [5, 5.41) is 6.17. The van der Waals surface area contributed by atoms with Crippen LogP contribution in [0.1, 0.15) is 39.5 Å². The van der Waals surface area contributed by atoms with E-state index < -0.39 is 29.9 Å². The molecule has 1 aliphatic rings. The van der Waals surface area contributed by atoms with Gasteiger partial charge in [0.25, 0.3) is 11.8 Å². The molecule has 1 heterocycles. The molecular formula is C14H21N5O6. The number of carbonyl (C=O) groups excluding carboxylic acids is 4. The summed E-state index contributed by atoms with van der Waals surface area (Å²) in [5.74, 6) is -1.41. The lowest BCUT2D eigenvalue weighted by Crippen LogP contribution is -2.39. The second-order valence-corrected chi connectivity index (χ2v) is 5.82. The molecule has 1 aliphatic heterocycles. The Morgan fingerprint density at radius 1 is 1.32 bits per heavy atom. The van der Waals surface area contributed by atoms with Gasteiger partial charge >= 0.3 is 12.1 Å². The molecule has 0 spiro atoms. The van der Waals surface area contributed by atoms with E-state index in [1.807, 2.05) is 13.8 Å². The normalized spacial score (nSPS) is 14.9. The molecular weight excluding hydrogens is 334 g/mol. The molecule has 0 saturated carbocycles. The maximum Gasteiger partial charge on any atom is 0.432 e. The van der Waals surface area contributed by atoms with Crippen molar-refractivity contribution in [2.24, 2.45) is 11.0 Å². The standard InChI is InChI=1S/C14H21N5O6/c1-9(2)8-24-13(22)6-3-10(17-18-15)7-16-14(23)25-19-11(20)4-5-12(19)21/h9-10H,3-8H2,1-2H3,(H,16,23). The Hall–Kier alpha value is -2.81. The van der Waals surface area contributed by atoms with E-state index in [1.54, 1.807) is 0 Å². The summed E-state index contributed by atoms with van der Waals surface area (Å²) in [7, 11) is 0. The van der Waals surface area contributed by atoms with Gasteiger partial charge in [0.2, 0.25) is 0 Å². The second kappa shape index (κ2) is 10.1. The smallest absolute Gasteiger partial charge is 0.432 e. The Bertz CT molecular complexity index is 556. The number of hydrogen-bond donors (Lipinski definition) is 1. The van der Waals surface area contributed by atoms with E-state index in [4.69, 9.17) is 10.3 Å². The van der Waals surface area contributed by atoms with Crippen LogP contribution in [-0.4, -0.2) is 48.1 Å². The number of azide groups is 1. The predicted molar refractivity (Wildman–Crippen MR) is 83.5 cm³/mol. The number of hydroxylamine groups is 2. The first kappa shape index (κ1) is 20.2. The van der Waals surface area contributed by atoms with Gasteiger partial charge in [0.1, 0.15) is 0 Å². The molecule has 1 unspecified atom stereocenters. The van der Waals surface area contributed by atoms with Crippen LogP contribution in [0.5, 0.6) is 0 Å². The molecule has 11 heteroatoms. The fourth-order valence-electron chi connectivity index (χ4n) is 1.86. The fraction of sp³-hybridized carbons (Fsp3) is 0.714. The van der Waals surface area contributed by atoms with Gasteiger partial charge in [0, 0.05) is 30.7 Å². The maximum atomic E-state index is 11.6. The largest absolute Gasteiger partial charge is 0.465 e. The molecule has 1 atom stereocenters. The molecule has 0 radical (unpaired) electrons. The molecule has 138 valence electrons. The summed E-state index contributed by atoms with van der Waals surface area (Å²) in [5.41, 5.74) is 8.54. The van der Waals surface area contributed by atoms with Gasteiger partial charge in [-0.3, -0.25) is 14.4 Å². The molecule has 0 aromatic rings. The van der Waals surface area contributed by atoms with E-state index in [2.05, 4.69) is 20.2 Å². The molecule has 0 bridgehead atoms. The number of imide groups is 1. The minimum absolute atomic E-state index is 0.00798. The van der Waals surface area contributed by atoms with Crippen molar-refractivity contribution in [1.82, 2.24) is 10.4 Å². The molecule has 1 N–H and O–H groups in total. The van der Waals surface area contributed by atoms with Crippen molar-refractivity contribution in [2.45, 2.75) is 45.6 Å². The molecule has 11 nitrogen and oxygen atoms in total. The van der Waals surface area contributed by atoms with Crippen LogP contribution in [0.3, 0.4) is 0 Å². The maximum absolute atomic E-state index is 11.6. The molecule has 0 aromatic carbocycles. The van der Waals surface area contributed by atoms with Gasteiger partial charge in [-0.05, 0) is 17.9 Å². The van der Waals surface area contributed by atoms with Crippen molar-refractivity contribution in [3.8, 4) is 0 Å². The number of carbonyl (C=O) groups is 4. The molecule has 25 heavy (non-hydrogen) atoms. The first-order valence-electron chi connectivity index (χ1n) is 7.85. The van der Waals surface area contributed by atoms with Gasteiger partial charge in [-0.15, -0.1) is 5.06 Å². The number of ether oxygens (including phenoxy) is 1. The number of nitrogens with zero attached hydrogens (tertiary/aromatic N) is 4. The van der Waals surface area contributed by atoms with Crippen molar-refractivity contribution in [1.29, 1.82) is 0 Å². The van der Waals surface area contributed by atoms with E-state index in [1.165, 1.54) is 0 Å². The van der Waals surface area contributed by atoms with E-state index in [0.29, 0.717) is 11.7 Å². The summed E-state index contributed by atoms with van der Waals surface area (Å²) in [4.78, 5) is 53.1. The van der Waals surface area contributed by atoms with Crippen LogP contribution < -0.4 is 5.32 Å². The monoisotopic (exact) mass is 355 g/mol. The predicted octanol–water partition coefficient (Wildman–Crippen LogP) is 1.43. The number of esters is 1. The summed E-state index contributed by atoms with van der Waals surface area (Å²) in [6, 6.07) is -0.700. The Morgan fingerprint density at radius 3 is 2.52 bits per heavy atom. The summed E-state index contributed by atoms with van der Waals surface area (Å²) < 4.78 is 5.00. The third kappa shape index (κ3) is 7.53. The Kier molecular flexibility index (Phi) is 8.21. The van der Waals surface area contributed by atoms with Crippen LogP contribution >= 0.6 is 0 Å². The number of hydrogen-bond acceptors (Lipinski definition) is 7. The average molecular weight is 355 g/mol. The Labute approximate surface area is 144 Å². The highest BCUT2D eigenvalue weighted by Gasteiger charge is 2.32. The van der Waals surface area contributed by atoms with E-state index in [-0.39, 0.29) is 38.1 Å². The number of amides is 3. The van der Waals surface area contributed by atoms with Crippen molar-refractivity contribution in [2.75, 3.05) is 13.2 Å². The van der Waals surface area contributed by atoms with E-state index in [0.717, 1.165) is 0 Å². The van der Waals surface area contributed by atoms with Crippen LogP contribution in [0.15, 0.2) is 5.11 Å². The third-order valence-corrected chi connectivity index (χ3v) is 3.14. The minimum atomic E-state index is -1.02. The van der Waals surface area contributed by atoms with Gasteiger partial charge in [-0.25, -0.2) is 4.79 Å². The van der Waals surface area contributed by atoms with Crippen LogP contribution in [0.2, 0.25) is 0 Å². The number of nitrogens with one attached hydrogen (secondary N) is 1. The van der Waals surface area contributed by atoms with E-state index >= 15 is 0 Å². The summed E-state index contributed by atoms with van der Waals surface area (Å²) in [6.07, 6.45) is -0.846. The van der Waals surface area contributed by atoms with Crippen molar-refractivity contribution in [3.63, 3.8) is 0 Å². The average Bonchev–Trinajstić information content (AvgIpc) is 2.87. The van der Waals surface area contributed by atoms with Crippen LogP contribution in [0, 0.1) is 5.92 Å². The topological polar surface area (TPSA) is 151 Å². The molecule has 3 amide bonds. The van der Waals surface area contributed by atoms with Crippen molar-refractivity contribution in [3.05, 3.63) is 10.4 Å². The summed E-state index contributed by atoms with van der Waals surface area (Å²) >= 11 is 0. The Morgan fingerprint density at radius 2 is 1.96 bits per heavy atom. The molecule has 0 aromatic heterocycles. The molecule has 1 fully saturated rings. The highest BCUT2D eigenvalue weighted by atomic mass is 16.7. The van der Waals surface area contributed by atoms with Crippen molar-refractivity contribution >= 4 is 23.9 Å². The SMILES string of the molecule is CC(C)COC(=O)CCC(CNC(=O)ON1C(=O)CCC1=O)N=[N+]=[N-]. The van der Waals surface area contributed by atoms with Gasteiger partial charge in [0.05, 0.1) is 12.6 Å². The molecule has 1 saturated heterocycles. The van der Waals surface area contributed by atoms with Gasteiger partial charge < -0.3 is 14.9 Å². The van der Waals surface area contributed by atoms with E-state index in [9.17, 15) is 19.2 Å². The van der Waals surface area contributed by atoms with Crippen LogP contribution in [0.4, 0.5) is 4.79 Å². The lowest BCUT2D eigenvalue weighted by atomic mass is 10.1. The highest BCUT2D eigenvalue weighted by molar-refractivity contribution is 6.01. The zero-order valence-electron chi connectivity index (χ0n) is 14.1. The quantitative estimate of drug-likeness (QED) is 0.217. The van der Waals surface area contributed by atoms with Gasteiger partial charge in [0.15, 0.2) is 0 Å². The molecule has 1 rings (SSSR count). The van der Waals surface area contributed by atoms with Gasteiger partial charge in [-0.2, -0.15) is 0 Å². The minimum Gasteiger partial charge on any atom is -0.465 e. The first-order valence-corrected chi connectivity index (χ1v) is 7.85. The number of rotatable bonds is 9. The second-order valence-electron chi connectivity index (χ2n) is 5.82.